The van der Waals surface area contributed by atoms with Crippen LogP contribution in [0.15, 0.2) is 60.9 Å². The van der Waals surface area contributed by atoms with Gasteiger partial charge in [0.1, 0.15) is 11.5 Å². The minimum absolute atomic E-state index is 0.129. The largest absolute Gasteiger partial charge is 0.339 e. The van der Waals surface area contributed by atoms with Gasteiger partial charge in [-0.2, -0.15) is 0 Å². The molecule has 0 radical (unpaired) electrons. The Hall–Kier alpha value is -2.92. The number of hydrogen-bond donors (Lipinski definition) is 1. The summed E-state index contributed by atoms with van der Waals surface area (Å²) in [4.78, 5) is 23.0. The lowest BCUT2D eigenvalue weighted by Crippen LogP contribution is -2.29. The molecule has 1 aliphatic rings. The molecule has 0 atom stereocenters. The van der Waals surface area contributed by atoms with Crippen LogP contribution < -0.4 is 10.2 Å². The predicted molar refractivity (Wildman–Crippen MR) is 98.6 cm³/mol. The van der Waals surface area contributed by atoms with Crippen LogP contribution in [0.4, 0.5) is 17.2 Å². The van der Waals surface area contributed by atoms with Gasteiger partial charge in [-0.25, -0.2) is 9.97 Å². The molecule has 4 rings (SSSR count). The van der Waals surface area contributed by atoms with Gasteiger partial charge in [-0.15, -0.1) is 0 Å². The Morgan fingerprint density at radius 1 is 1.04 bits per heavy atom. The molecule has 1 aromatic heterocycles. The standard InChI is InChI=1S/C19H15ClN4O/c20-14-5-7-15(8-6-14)23-18-12-21-16(11-22-18)19(25)24-10-9-13-3-1-2-4-17(13)24/h1-8,11-12H,9-10H2,(H,22,23). The van der Waals surface area contributed by atoms with Gasteiger partial charge < -0.3 is 10.2 Å². The lowest BCUT2D eigenvalue weighted by atomic mass is 10.2. The molecule has 25 heavy (non-hydrogen) atoms. The van der Waals surface area contributed by atoms with Crippen molar-refractivity contribution >= 4 is 34.7 Å². The molecule has 1 N–H and O–H groups in total. The maximum absolute atomic E-state index is 12.7. The summed E-state index contributed by atoms with van der Waals surface area (Å²) < 4.78 is 0. The summed E-state index contributed by atoms with van der Waals surface area (Å²) >= 11 is 5.87. The highest BCUT2D eigenvalue weighted by molar-refractivity contribution is 6.30. The highest BCUT2D eigenvalue weighted by Crippen LogP contribution is 2.28. The first-order valence-electron chi connectivity index (χ1n) is 7.95. The van der Waals surface area contributed by atoms with Crippen molar-refractivity contribution in [2.45, 2.75) is 6.42 Å². The minimum Gasteiger partial charge on any atom is -0.339 e. The number of para-hydroxylation sites is 1. The molecule has 2 heterocycles. The normalized spacial score (nSPS) is 12.8. The zero-order chi connectivity index (χ0) is 17.2. The second-order valence-corrected chi connectivity index (χ2v) is 6.19. The van der Waals surface area contributed by atoms with Gasteiger partial charge >= 0.3 is 0 Å². The number of carbonyl (C=O) groups is 1. The SMILES string of the molecule is O=C(c1cnc(Nc2ccc(Cl)cc2)cn1)N1CCc2ccccc21. The Labute approximate surface area is 150 Å². The van der Waals surface area contributed by atoms with E-state index in [2.05, 4.69) is 15.3 Å². The lowest BCUT2D eigenvalue weighted by molar-refractivity contribution is 0.0984. The van der Waals surface area contributed by atoms with Gasteiger partial charge in [0.05, 0.1) is 12.4 Å². The number of nitrogens with zero attached hydrogens (tertiary/aromatic N) is 3. The summed E-state index contributed by atoms with van der Waals surface area (Å²) in [5, 5.41) is 3.80. The first kappa shape index (κ1) is 15.6. The second-order valence-electron chi connectivity index (χ2n) is 5.75. The number of amides is 1. The Bertz CT molecular complexity index is 909. The number of anilines is 3. The number of benzene rings is 2. The van der Waals surface area contributed by atoms with E-state index in [0.717, 1.165) is 17.8 Å². The van der Waals surface area contributed by atoms with Crippen LogP contribution in [-0.2, 0) is 6.42 Å². The summed E-state index contributed by atoms with van der Waals surface area (Å²) in [5.74, 6) is 0.441. The number of aromatic nitrogens is 2. The Kier molecular flexibility index (Phi) is 4.07. The molecule has 1 aliphatic heterocycles. The summed E-state index contributed by atoms with van der Waals surface area (Å²) in [7, 11) is 0. The topological polar surface area (TPSA) is 58.1 Å². The fourth-order valence-electron chi connectivity index (χ4n) is 2.87. The molecule has 0 saturated carbocycles. The van der Waals surface area contributed by atoms with Gasteiger partial charge in [0.25, 0.3) is 5.91 Å². The van der Waals surface area contributed by atoms with Crippen molar-refractivity contribution in [3.63, 3.8) is 0 Å². The minimum atomic E-state index is -0.129. The van der Waals surface area contributed by atoms with E-state index < -0.39 is 0 Å². The van der Waals surface area contributed by atoms with Crippen LogP contribution in [0.5, 0.6) is 0 Å². The van der Waals surface area contributed by atoms with E-state index in [9.17, 15) is 4.79 Å². The van der Waals surface area contributed by atoms with Gasteiger partial charge in [-0.05, 0) is 42.3 Å². The average molecular weight is 351 g/mol. The molecule has 0 saturated heterocycles. The number of hydrogen-bond acceptors (Lipinski definition) is 4. The van der Waals surface area contributed by atoms with Gasteiger partial charge in [0, 0.05) is 22.9 Å². The van der Waals surface area contributed by atoms with E-state index in [1.165, 1.54) is 11.8 Å². The van der Waals surface area contributed by atoms with Crippen molar-refractivity contribution in [2.24, 2.45) is 0 Å². The molecule has 1 amide bonds. The number of fused-ring (bicyclic) bond motifs is 1. The summed E-state index contributed by atoms with van der Waals surface area (Å²) in [5.41, 5.74) is 3.33. The zero-order valence-electron chi connectivity index (χ0n) is 13.3. The van der Waals surface area contributed by atoms with Gasteiger partial charge in [-0.3, -0.25) is 4.79 Å². The highest BCUT2D eigenvalue weighted by atomic mass is 35.5. The molecule has 0 fully saturated rings. The average Bonchev–Trinajstić information content (AvgIpc) is 3.08. The lowest BCUT2D eigenvalue weighted by Gasteiger charge is -2.16. The first-order valence-corrected chi connectivity index (χ1v) is 8.33. The van der Waals surface area contributed by atoms with Crippen molar-refractivity contribution < 1.29 is 4.79 Å². The van der Waals surface area contributed by atoms with E-state index >= 15 is 0 Å². The summed E-state index contributed by atoms with van der Waals surface area (Å²) in [6, 6.07) is 15.2. The number of nitrogens with one attached hydrogen (secondary N) is 1. The second kappa shape index (κ2) is 6.53. The van der Waals surface area contributed by atoms with E-state index in [4.69, 9.17) is 11.6 Å². The molecule has 0 unspecified atom stereocenters. The number of halogens is 1. The quantitative estimate of drug-likeness (QED) is 0.773. The van der Waals surface area contributed by atoms with E-state index in [-0.39, 0.29) is 5.91 Å². The third-order valence-corrected chi connectivity index (χ3v) is 4.37. The van der Waals surface area contributed by atoms with E-state index in [1.807, 2.05) is 36.4 Å². The molecule has 3 aromatic rings. The zero-order valence-corrected chi connectivity index (χ0v) is 14.1. The first-order chi connectivity index (χ1) is 12.2. The number of rotatable bonds is 3. The van der Waals surface area contributed by atoms with Crippen LogP contribution in [0.1, 0.15) is 16.1 Å². The smallest absolute Gasteiger partial charge is 0.278 e. The maximum atomic E-state index is 12.7. The Morgan fingerprint density at radius 2 is 1.84 bits per heavy atom. The van der Waals surface area contributed by atoms with Crippen LogP contribution in [0.2, 0.25) is 5.02 Å². The van der Waals surface area contributed by atoms with Gasteiger partial charge in [0.2, 0.25) is 0 Å². The fraction of sp³-hybridized carbons (Fsp3) is 0.105. The van der Waals surface area contributed by atoms with Crippen molar-refractivity contribution in [1.29, 1.82) is 0 Å². The van der Waals surface area contributed by atoms with Crippen molar-refractivity contribution in [3.8, 4) is 0 Å². The highest BCUT2D eigenvalue weighted by Gasteiger charge is 2.26. The molecule has 0 bridgehead atoms. The van der Waals surface area contributed by atoms with Gasteiger partial charge in [-0.1, -0.05) is 29.8 Å². The molecular formula is C19H15ClN4O. The van der Waals surface area contributed by atoms with Crippen molar-refractivity contribution in [1.82, 2.24) is 9.97 Å². The molecule has 124 valence electrons. The third-order valence-electron chi connectivity index (χ3n) is 4.12. The Morgan fingerprint density at radius 3 is 2.60 bits per heavy atom. The van der Waals surface area contributed by atoms with Crippen molar-refractivity contribution in [3.05, 3.63) is 77.2 Å². The summed E-state index contributed by atoms with van der Waals surface area (Å²) in [6.07, 6.45) is 3.93. The fourth-order valence-corrected chi connectivity index (χ4v) is 3.00. The predicted octanol–water partition coefficient (Wildman–Crippen LogP) is 4.08. The van der Waals surface area contributed by atoms with Crippen LogP contribution in [-0.4, -0.2) is 22.4 Å². The molecule has 6 heteroatoms. The van der Waals surface area contributed by atoms with Gasteiger partial charge in [0.15, 0.2) is 0 Å². The third kappa shape index (κ3) is 3.19. The van der Waals surface area contributed by atoms with Crippen LogP contribution in [0.3, 0.4) is 0 Å². The van der Waals surface area contributed by atoms with E-state index in [1.54, 1.807) is 23.2 Å². The van der Waals surface area contributed by atoms with Crippen LogP contribution >= 0.6 is 11.6 Å². The Balaban J connectivity index is 1.50. The molecule has 0 aliphatic carbocycles. The monoisotopic (exact) mass is 350 g/mol. The molecule has 2 aromatic carbocycles. The van der Waals surface area contributed by atoms with Crippen molar-refractivity contribution in [2.75, 3.05) is 16.8 Å². The maximum Gasteiger partial charge on any atom is 0.278 e. The molecule has 0 spiro atoms. The van der Waals surface area contributed by atoms with Crippen LogP contribution in [0, 0.1) is 0 Å². The molecular weight excluding hydrogens is 336 g/mol. The molecule has 5 nitrogen and oxygen atoms in total. The summed E-state index contributed by atoms with van der Waals surface area (Å²) in [6.45, 7) is 0.671. The number of carbonyl (C=O) groups excluding carboxylic acids is 1. The van der Waals surface area contributed by atoms with E-state index in [0.29, 0.717) is 23.1 Å². The van der Waals surface area contributed by atoms with Crippen LogP contribution in [0.25, 0.3) is 0 Å².